The van der Waals surface area contributed by atoms with Crippen LogP contribution in [-0.2, 0) is 6.54 Å². The number of carboxylic acid groups (broad SMARTS) is 1. The number of thioether (sulfide) groups is 1. The molecule has 2 rings (SSSR count). The number of nitrogens with one attached hydrogen (secondary N) is 1. The zero-order valence-corrected chi connectivity index (χ0v) is 12.3. The summed E-state index contributed by atoms with van der Waals surface area (Å²) < 4.78 is 5.22. The quantitative estimate of drug-likeness (QED) is 0.869. The first-order valence-electron chi connectivity index (χ1n) is 6.70. The highest BCUT2D eigenvalue weighted by atomic mass is 32.2. The highest BCUT2D eigenvalue weighted by Gasteiger charge is 2.24. The van der Waals surface area contributed by atoms with Gasteiger partial charge in [0, 0.05) is 23.4 Å². The molecule has 2 unspecified atom stereocenters. The van der Waals surface area contributed by atoms with Gasteiger partial charge in [-0.2, -0.15) is 11.8 Å². The van der Waals surface area contributed by atoms with E-state index in [2.05, 4.69) is 11.6 Å². The van der Waals surface area contributed by atoms with E-state index in [0.29, 0.717) is 23.6 Å². The van der Waals surface area contributed by atoms with E-state index >= 15 is 0 Å². The highest BCUT2D eigenvalue weighted by Crippen LogP contribution is 2.27. The summed E-state index contributed by atoms with van der Waals surface area (Å²) in [6, 6.07) is 2.15. The molecule has 19 heavy (non-hydrogen) atoms. The van der Waals surface area contributed by atoms with Gasteiger partial charge in [0.2, 0.25) is 5.76 Å². The molecule has 1 aromatic rings. The predicted molar refractivity (Wildman–Crippen MR) is 76.8 cm³/mol. The maximum Gasteiger partial charge on any atom is 0.371 e. The normalized spacial score (nSPS) is 23.5. The SMILES string of the molecule is CSC1CCCCC1NCc1cc(C(=O)O)oc1C. The van der Waals surface area contributed by atoms with Crippen molar-refractivity contribution in [2.45, 2.75) is 50.4 Å². The Balaban J connectivity index is 1.96. The van der Waals surface area contributed by atoms with Crippen LogP contribution in [0.25, 0.3) is 0 Å². The number of hydrogen-bond donors (Lipinski definition) is 2. The minimum atomic E-state index is -1.01. The minimum absolute atomic E-state index is 0.0272. The molecule has 4 nitrogen and oxygen atoms in total. The Labute approximate surface area is 117 Å². The molecular formula is C14H21NO3S. The molecule has 1 saturated carbocycles. The van der Waals surface area contributed by atoms with E-state index in [1.54, 1.807) is 6.07 Å². The van der Waals surface area contributed by atoms with Crippen LogP contribution < -0.4 is 5.32 Å². The van der Waals surface area contributed by atoms with Crippen molar-refractivity contribution in [1.82, 2.24) is 5.32 Å². The first-order chi connectivity index (χ1) is 9.11. The number of carboxylic acids is 1. The molecule has 0 spiro atoms. The lowest BCUT2D eigenvalue weighted by molar-refractivity contribution is 0.0661. The zero-order valence-electron chi connectivity index (χ0n) is 11.4. The number of carbonyl (C=O) groups is 1. The van der Waals surface area contributed by atoms with Crippen LogP contribution in [0.2, 0.25) is 0 Å². The standard InChI is InChI=1S/C14H21NO3S/c1-9-10(7-12(18-9)14(16)17)8-15-11-5-3-4-6-13(11)19-2/h7,11,13,15H,3-6,8H2,1-2H3,(H,16,17). The molecule has 0 aromatic carbocycles. The molecule has 2 N–H and O–H groups in total. The number of hydrogen-bond acceptors (Lipinski definition) is 4. The van der Waals surface area contributed by atoms with Crippen molar-refractivity contribution in [3.63, 3.8) is 0 Å². The molecule has 0 radical (unpaired) electrons. The van der Waals surface area contributed by atoms with Crippen molar-refractivity contribution in [2.75, 3.05) is 6.26 Å². The molecule has 5 heteroatoms. The van der Waals surface area contributed by atoms with Crippen LogP contribution in [-0.4, -0.2) is 28.6 Å². The first-order valence-corrected chi connectivity index (χ1v) is 7.99. The van der Waals surface area contributed by atoms with Gasteiger partial charge in [0.15, 0.2) is 0 Å². The molecule has 0 saturated heterocycles. The molecule has 1 aliphatic carbocycles. The maximum absolute atomic E-state index is 10.9. The van der Waals surface area contributed by atoms with Crippen LogP contribution >= 0.6 is 11.8 Å². The van der Waals surface area contributed by atoms with E-state index in [4.69, 9.17) is 9.52 Å². The number of aryl methyl sites for hydroxylation is 1. The van der Waals surface area contributed by atoms with Gasteiger partial charge in [0.1, 0.15) is 5.76 Å². The molecule has 1 heterocycles. The molecule has 106 valence electrons. The second-order valence-electron chi connectivity index (χ2n) is 5.04. The molecule has 2 atom stereocenters. The van der Waals surface area contributed by atoms with E-state index in [9.17, 15) is 4.79 Å². The summed E-state index contributed by atoms with van der Waals surface area (Å²) in [4.78, 5) is 10.9. The van der Waals surface area contributed by atoms with E-state index in [1.807, 2.05) is 18.7 Å². The van der Waals surface area contributed by atoms with Crippen LogP contribution in [0.4, 0.5) is 0 Å². The van der Waals surface area contributed by atoms with Crippen molar-refractivity contribution < 1.29 is 14.3 Å². The second-order valence-corrected chi connectivity index (χ2v) is 6.12. The third-order valence-electron chi connectivity index (χ3n) is 3.79. The largest absolute Gasteiger partial charge is 0.475 e. The maximum atomic E-state index is 10.9. The summed E-state index contributed by atoms with van der Waals surface area (Å²) in [5.41, 5.74) is 0.947. The van der Waals surface area contributed by atoms with Crippen LogP contribution in [0, 0.1) is 6.92 Å². The van der Waals surface area contributed by atoms with E-state index in [1.165, 1.54) is 25.7 Å². The molecule has 0 amide bonds. The molecule has 1 aliphatic rings. The summed E-state index contributed by atoms with van der Waals surface area (Å²) in [7, 11) is 0. The number of aromatic carboxylic acids is 1. The Morgan fingerprint density at radius 1 is 1.53 bits per heavy atom. The van der Waals surface area contributed by atoms with Crippen LogP contribution in [0.1, 0.15) is 47.6 Å². The Kier molecular flexibility index (Phi) is 4.93. The topological polar surface area (TPSA) is 62.5 Å². The minimum Gasteiger partial charge on any atom is -0.475 e. The van der Waals surface area contributed by atoms with Crippen molar-refractivity contribution in [2.24, 2.45) is 0 Å². The van der Waals surface area contributed by atoms with E-state index in [-0.39, 0.29) is 5.76 Å². The second kappa shape index (κ2) is 6.48. The molecule has 1 aromatic heterocycles. The highest BCUT2D eigenvalue weighted by molar-refractivity contribution is 7.99. The van der Waals surface area contributed by atoms with E-state index < -0.39 is 5.97 Å². The average molecular weight is 283 g/mol. The Hall–Kier alpha value is -0.940. The van der Waals surface area contributed by atoms with Gasteiger partial charge in [0.05, 0.1) is 0 Å². The van der Waals surface area contributed by atoms with Gasteiger partial charge in [0.25, 0.3) is 0 Å². The van der Waals surface area contributed by atoms with Crippen LogP contribution in [0.5, 0.6) is 0 Å². The van der Waals surface area contributed by atoms with Crippen molar-refractivity contribution in [3.8, 4) is 0 Å². The summed E-state index contributed by atoms with van der Waals surface area (Å²) in [6.45, 7) is 2.50. The van der Waals surface area contributed by atoms with Gasteiger partial charge in [-0.3, -0.25) is 0 Å². The third-order valence-corrected chi connectivity index (χ3v) is 4.96. The summed E-state index contributed by atoms with van der Waals surface area (Å²) >= 11 is 1.92. The van der Waals surface area contributed by atoms with Crippen LogP contribution in [0.3, 0.4) is 0 Å². The number of furan rings is 1. The number of rotatable bonds is 5. The van der Waals surface area contributed by atoms with Crippen molar-refractivity contribution >= 4 is 17.7 Å². The summed E-state index contributed by atoms with van der Waals surface area (Å²) in [6.07, 6.45) is 7.23. The van der Waals surface area contributed by atoms with Gasteiger partial charge in [-0.1, -0.05) is 12.8 Å². The third kappa shape index (κ3) is 3.54. The molecular weight excluding hydrogens is 262 g/mol. The first kappa shape index (κ1) is 14.5. The fourth-order valence-corrected chi connectivity index (χ4v) is 3.62. The van der Waals surface area contributed by atoms with Crippen LogP contribution in [0.15, 0.2) is 10.5 Å². The Bertz CT molecular complexity index is 444. The van der Waals surface area contributed by atoms with Gasteiger partial charge < -0.3 is 14.8 Å². The zero-order chi connectivity index (χ0) is 13.8. The fraction of sp³-hybridized carbons (Fsp3) is 0.643. The Morgan fingerprint density at radius 3 is 2.89 bits per heavy atom. The van der Waals surface area contributed by atoms with Crippen molar-refractivity contribution in [1.29, 1.82) is 0 Å². The summed E-state index contributed by atoms with van der Waals surface area (Å²) in [5, 5.41) is 13.1. The predicted octanol–water partition coefficient (Wildman–Crippen LogP) is 3.05. The smallest absolute Gasteiger partial charge is 0.371 e. The van der Waals surface area contributed by atoms with Gasteiger partial charge in [-0.25, -0.2) is 4.79 Å². The van der Waals surface area contributed by atoms with Crippen molar-refractivity contribution in [3.05, 3.63) is 23.2 Å². The molecule has 1 fully saturated rings. The lowest BCUT2D eigenvalue weighted by atomic mass is 9.94. The van der Waals surface area contributed by atoms with Gasteiger partial charge >= 0.3 is 5.97 Å². The Morgan fingerprint density at radius 2 is 2.26 bits per heavy atom. The van der Waals surface area contributed by atoms with E-state index in [0.717, 1.165) is 5.56 Å². The lowest BCUT2D eigenvalue weighted by Crippen LogP contribution is -2.39. The summed E-state index contributed by atoms with van der Waals surface area (Å²) in [5.74, 6) is -0.283. The lowest BCUT2D eigenvalue weighted by Gasteiger charge is -2.31. The van der Waals surface area contributed by atoms with Gasteiger partial charge in [-0.15, -0.1) is 0 Å². The molecule has 0 bridgehead atoms. The average Bonchev–Trinajstić information content (AvgIpc) is 2.78. The molecule has 0 aliphatic heterocycles. The fourth-order valence-electron chi connectivity index (χ4n) is 2.65. The monoisotopic (exact) mass is 283 g/mol. The van der Waals surface area contributed by atoms with Gasteiger partial charge in [-0.05, 0) is 32.1 Å².